The fourth-order valence-electron chi connectivity index (χ4n) is 5.14. The lowest BCUT2D eigenvalue weighted by Crippen LogP contribution is -2.34. The second kappa shape index (κ2) is 11.1. The number of piperidine rings is 1. The highest BCUT2D eigenvalue weighted by molar-refractivity contribution is 5.91. The maximum Gasteiger partial charge on any atom is 0.162 e. The van der Waals surface area contributed by atoms with E-state index in [9.17, 15) is 0 Å². The SMILES string of the molecule is COCCC(N)c1ccc2nc(-c3ccccc3)nc(N3CCC(c4ccccc4OC)CC3)c2c1. The summed E-state index contributed by atoms with van der Waals surface area (Å²) < 4.78 is 10.9. The van der Waals surface area contributed by atoms with Crippen molar-refractivity contribution in [2.24, 2.45) is 5.73 Å². The Morgan fingerprint density at radius 1 is 0.944 bits per heavy atom. The lowest BCUT2D eigenvalue weighted by atomic mass is 9.88. The molecule has 2 heterocycles. The highest BCUT2D eigenvalue weighted by Gasteiger charge is 2.25. The van der Waals surface area contributed by atoms with Gasteiger partial charge in [0.2, 0.25) is 0 Å². The average molecular weight is 483 g/mol. The summed E-state index contributed by atoms with van der Waals surface area (Å²) in [6.07, 6.45) is 2.85. The van der Waals surface area contributed by atoms with Gasteiger partial charge in [-0.1, -0.05) is 54.6 Å². The third-order valence-electron chi connectivity index (χ3n) is 7.17. The Morgan fingerprint density at radius 3 is 2.44 bits per heavy atom. The van der Waals surface area contributed by atoms with Gasteiger partial charge in [0.1, 0.15) is 11.6 Å². The smallest absolute Gasteiger partial charge is 0.162 e. The van der Waals surface area contributed by atoms with E-state index in [1.165, 1.54) is 5.56 Å². The number of ether oxygens (including phenoxy) is 2. The van der Waals surface area contributed by atoms with Crippen LogP contribution in [0.4, 0.5) is 5.82 Å². The van der Waals surface area contributed by atoms with Gasteiger partial charge in [0, 0.05) is 43.8 Å². The number of aromatic nitrogens is 2. The molecule has 0 radical (unpaired) electrons. The molecule has 0 bridgehead atoms. The van der Waals surface area contributed by atoms with Gasteiger partial charge in [-0.05, 0) is 54.5 Å². The molecule has 1 unspecified atom stereocenters. The predicted octanol–water partition coefficient (Wildman–Crippen LogP) is 5.73. The lowest BCUT2D eigenvalue weighted by Gasteiger charge is -2.34. The van der Waals surface area contributed by atoms with Crippen molar-refractivity contribution in [1.82, 2.24) is 9.97 Å². The van der Waals surface area contributed by atoms with Gasteiger partial charge in [-0.2, -0.15) is 0 Å². The van der Waals surface area contributed by atoms with Gasteiger partial charge in [-0.25, -0.2) is 9.97 Å². The minimum atomic E-state index is -0.0905. The number of hydrogen-bond acceptors (Lipinski definition) is 6. The summed E-state index contributed by atoms with van der Waals surface area (Å²) in [4.78, 5) is 12.5. The summed E-state index contributed by atoms with van der Waals surface area (Å²) in [7, 11) is 3.46. The second-order valence-electron chi connectivity index (χ2n) is 9.40. The molecule has 6 nitrogen and oxygen atoms in total. The van der Waals surface area contributed by atoms with Crippen LogP contribution in [0.2, 0.25) is 0 Å². The van der Waals surface area contributed by atoms with Gasteiger partial charge in [-0.15, -0.1) is 0 Å². The van der Waals surface area contributed by atoms with Crippen molar-refractivity contribution in [3.63, 3.8) is 0 Å². The van der Waals surface area contributed by atoms with Crippen LogP contribution in [-0.2, 0) is 4.74 Å². The van der Waals surface area contributed by atoms with Crippen LogP contribution in [0, 0.1) is 0 Å². The molecule has 0 saturated carbocycles. The van der Waals surface area contributed by atoms with E-state index in [2.05, 4.69) is 53.4 Å². The molecule has 3 aromatic carbocycles. The van der Waals surface area contributed by atoms with Gasteiger partial charge in [0.05, 0.1) is 12.6 Å². The highest BCUT2D eigenvalue weighted by Crippen LogP contribution is 2.37. The second-order valence-corrected chi connectivity index (χ2v) is 9.40. The molecule has 6 heteroatoms. The van der Waals surface area contributed by atoms with Crippen molar-refractivity contribution in [2.75, 3.05) is 38.8 Å². The molecule has 1 saturated heterocycles. The van der Waals surface area contributed by atoms with E-state index in [0.29, 0.717) is 12.5 Å². The Balaban J connectivity index is 1.50. The van der Waals surface area contributed by atoms with Gasteiger partial charge in [-0.3, -0.25) is 0 Å². The van der Waals surface area contributed by atoms with Crippen LogP contribution in [0.5, 0.6) is 5.75 Å². The summed E-state index contributed by atoms with van der Waals surface area (Å²) in [6.45, 7) is 2.47. The van der Waals surface area contributed by atoms with Crippen LogP contribution in [0.3, 0.4) is 0 Å². The summed E-state index contributed by atoms with van der Waals surface area (Å²) in [6, 6.07) is 24.8. The maximum absolute atomic E-state index is 6.49. The van der Waals surface area contributed by atoms with Crippen LogP contribution in [0.1, 0.15) is 42.3 Å². The van der Waals surface area contributed by atoms with Crippen LogP contribution < -0.4 is 15.4 Å². The maximum atomic E-state index is 6.49. The molecule has 0 amide bonds. The predicted molar refractivity (Wildman–Crippen MR) is 146 cm³/mol. The van der Waals surface area contributed by atoms with Crippen molar-refractivity contribution in [2.45, 2.75) is 31.2 Å². The number of benzene rings is 3. The Labute approximate surface area is 213 Å². The van der Waals surface area contributed by atoms with E-state index >= 15 is 0 Å². The molecule has 1 aliphatic rings. The van der Waals surface area contributed by atoms with Crippen LogP contribution in [0.25, 0.3) is 22.3 Å². The van der Waals surface area contributed by atoms with E-state index in [0.717, 1.165) is 71.8 Å². The minimum absolute atomic E-state index is 0.0905. The number of para-hydroxylation sites is 1. The number of hydrogen-bond donors (Lipinski definition) is 1. The molecule has 1 atom stereocenters. The minimum Gasteiger partial charge on any atom is -0.496 e. The van der Waals surface area contributed by atoms with Crippen molar-refractivity contribution in [1.29, 1.82) is 0 Å². The van der Waals surface area contributed by atoms with Gasteiger partial charge < -0.3 is 20.1 Å². The largest absolute Gasteiger partial charge is 0.496 e. The first-order valence-electron chi connectivity index (χ1n) is 12.7. The number of fused-ring (bicyclic) bond motifs is 1. The summed E-state index contributed by atoms with van der Waals surface area (Å²) in [5.74, 6) is 3.18. The van der Waals surface area contributed by atoms with E-state index < -0.39 is 0 Å². The van der Waals surface area contributed by atoms with Crippen molar-refractivity contribution < 1.29 is 9.47 Å². The third kappa shape index (κ3) is 5.06. The van der Waals surface area contributed by atoms with E-state index in [1.807, 2.05) is 24.3 Å². The monoisotopic (exact) mass is 482 g/mol. The number of rotatable bonds is 8. The molecule has 5 rings (SSSR count). The van der Waals surface area contributed by atoms with Crippen molar-refractivity contribution >= 4 is 16.7 Å². The summed E-state index contributed by atoms with van der Waals surface area (Å²) in [5.41, 5.74) is 10.8. The molecule has 2 N–H and O–H groups in total. The number of nitrogens with zero attached hydrogens (tertiary/aromatic N) is 3. The third-order valence-corrected chi connectivity index (χ3v) is 7.17. The molecular weight excluding hydrogens is 448 g/mol. The van der Waals surface area contributed by atoms with E-state index in [1.54, 1.807) is 14.2 Å². The summed E-state index contributed by atoms with van der Waals surface area (Å²) in [5, 5.41) is 1.05. The first-order chi connectivity index (χ1) is 17.7. The Kier molecular flexibility index (Phi) is 7.44. The first-order valence-corrected chi connectivity index (χ1v) is 12.7. The first kappa shape index (κ1) is 24.2. The average Bonchev–Trinajstić information content (AvgIpc) is 2.95. The van der Waals surface area contributed by atoms with Crippen molar-refractivity contribution in [3.8, 4) is 17.1 Å². The van der Waals surface area contributed by atoms with Crippen LogP contribution >= 0.6 is 0 Å². The zero-order valence-electron chi connectivity index (χ0n) is 21.1. The molecule has 0 spiro atoms. The fourth-order valence-corrected chi connectivity index (χ4v) is 5.14. The van der Waals surface area contributed by atoms with Crippen molar-refractivity contribution in [3.05, 3.63) is 83.9 Å². The van der Waals surface area contributed by atoms with Crippen LogP contribution in [-0.4, -0.2) is 43.9 Å². The van der Waals surface area contributed by atoms with E-state index in [-0.39, 0.29) is 6.04 Å². The Bertz CT molecular complexity index is 1300. The lowest BCUT2D eigenvalue weighted by molar-refractivity contribution is 0.188. The molecule has 186 valence electrons. The number of methoxy groups -OCH3 is 2. The van der Waals surface area contributed by atoms with Gasteiger partial charge in [0.25, 0.3) is 0 Å². The van der Waals surface area contributed by atoms with Crippen LogP contribution in [0.15, 0.2) is 72.8 Å². The quantitative estimate of drug-likeness (QED) is 0.346. The Hall–Kier alpha value is -3.48. The van der Waals surface area contributed by atoms with E-state index in [4.69, 9.17) is 25.2 Å². The molecule has 0 aliphatic carbocycles. The topological polar surface area (TPSA) is 73.5 Å². The molecule has 1 aliphatic heterocycles. The molecule has 36 heavy (non-hydrogen) atoms. The fraction of sp³-hybridized carbons (Fsp3) is 0.333. The molecule has 1 aromatic heterocycles. The Morgan fingerprint density at radius 2 is 1.69 bits per heavy atom. The van der Waals surface area contributed by atoms with Gasteiger partial charge >= 0.3 is 0 Å². The molecule has 4 aromatic rings. The van der Waals surface area contributed by atoms with Gasteiger partial charge in [0.15, 0.2) is 5.82 Å². The molecular formula is C30H34N4O2. The normalized spacial score (nSPS) is 15.2. The highest BCUT2D eigenvalue weighted by atomic mass is 16.5. The summed E-state index contributed by atoms with van der Waals surface area (Å²) >= 11 is 0. The zero-order valence-corrected chi connectivity index (χ0v) is 21.1. The number of anilines is 1. The number of nitrogens with two attached hydrogens (primary N) is 1. The zero-order chi connectivity index (χ0) is 24.9. The molecule has 1 fully saturated rings. The standard InChI is InChI=1S/C30H34N4O2/c1-35-19-16-26(31)23-12-13-27-25(20-23)30(33-29(32-27)22-8-4-3-5-9-22)34-17-14-21(15-18-34)24-10-6-7-11-28(24)36-2/h3-13,20-21,26H,14-19,31H2,1-2H3.